The molecular weight excluding hydrogens is 204 g/mol. The van der Waals surface area contributed by atoms with Gasteiger partial charge in [0.2, 0.25) is 0 Å². The smallest absolute Gasteiger partial charge is 0.317 e. The van der Waals surface area contributed by atoms with Crippen molar-refractivity contribution in [2.24, 2.45) is 0 Å². The van der Waals surface area contributed by atoms with E-state index in [0.717, 1.165) is 52.2 Å². The van der Waals surface area contributed by atoms with Crippen LogP contribution in [0.4, 0.5) is 4.79 Å². The Labute approximate surface area is 97.2 Å². The fraction of sp³-hybridized carbons (Fsp3) is 0.909. The van der Waals surface area contributed by atoms with E-state index in [2.05, 4.69) is 22.5 Å². The Hall–Kier alpha value is -0.810. The molecule has 0 aromatic heterocycles. The highest BCUT2D eigenvalue weighted by Crippen LogP contribution is 2.06. The standard InChI is InChI=1S/C11H22N4O/c1-2-10-9-15(11(16)13-10)8-7-14-5-3-12-4-6-14/h10,12H,2-9H2,1H3,(H,13,16). The first-order chi connectivity index (χ1) is 7.79. The van der Waals surface area contributed by atoms with Crippen molar-refractivity contribution in [2.75, 3.05) is 45.8 Å². The number of amides is 2. The van der Waals surface area contributed by atoms with E-state index >= 15 is 0 Å². The molecule has 2 fully saturated rings. The average Bonchev–Trinajstić information content (AvgIpc) is 2.69. The molecule has 0 aromatic rings. The molecule has 2 heterocycles. The number of hydrogen-bond acceptors (Lipinski definition) is 3. The Balaban J connectivity index is 1.71. The number of piperazine rings is 1. The van der Waals surface area contributed by atoms with E-state index in [9.17, 15) is 4.79 Å². The Morgan fingerprint density at radius 2 is 2.06 bits per heavy atom. The van der Waals surface area contributed by atoms with Crippen LogP contribution in [0.15, 0.2) is 0 Å². The molecule has 5 nitrogen and oxygen atoms in total. The van der Waals surface area contributed by atoms with E-state index in [4.69, 9.17) is 0 Å². The minimum Gasteiger partial charge on any atom is -0.333 e. The first kappa shape index (κ1) is 11.7. The highest BCUT2D eigenvalue weighted by atomic mass is 16.2. The summed E-state index contributed by atoms with van der Waals surface area (Å²) in [6.45, 7) is 9.22. The summed E-state index contributed by atoms with van der Waals surface area (Å²) in [5.41, 5.74) is 0. The minimum atomic E-state index is 0.113. The molecule has 0 saturated carbocycles. The number of carbonyl (C=O) groups is 1. The number of hydrogen-bond donors (Lipinski definition) is 2. The zero-order chi connectivity index (χ0) is 11.4. The largest absolute Gasteiger partial charge is 0.333 e. The van der Waals surface area contributed by atoms with Crippen LogP contribution in [0.3, 0.4) is 0 Å². The molecule has 92 valence electrons. The molecular formula is C11H22N4O. The third-order valence-corrected chi connectivity index (χ3v) is 3.44. The monoisotopic (exact) mass is 226 g/mol. The van der Waals surface area contributed by atoms with Crippen molar-refractivity contribution in [2.45, 2.75) is 19.4 Å². The van der Waals surface area contributed by atoms with Crippen LogP contribution >= 0.6 is 0 Å². The molecule has 0 aliphatic carbocycles. The van der Waals surface area contributed by atoms with Gasteiger partial charge in [0, 0.05) is 51.9 Å². The van der Waals surface area contributed by atoms with Gasteiger partial charge < -0.3 is 15.5 Å². The van der Waals surface area contributed by atoms with Gasteiger partial charge >= 0.3 is 6.03 Å². The molecule has 5 heteroatoms. The summed E-state index contributed by atoms with van der Waals surface area (Å²) in [5.74, 6) is 0. The zero-order valence-electron chi connectivity index (χ0n) is 10.0. The van der Waals surface area contributed by atoms with Crippen molar-refractivity contribution >= 4 is 6.03 Å². The predicted octanol–water partition coefficient (Wildman–Crippen LogP) is -0.305. The maximum absolute atomic E-state index is 11.6. The molecule has 0 radical (unpaired) electrons. The number of rotatable bonds is 4. The van der Waals surface area contributed by atoms with Crippen molar-refractivity contribution in [3.05, 3.63) is 0 Å². The molecule has 2 aliphatic rings. The van der Waals surface area contributed by atoms with Gasteiger partial charge in [0.25, 0.3) is 0 Å². The van der Waals surface area contributed by atoms with E-state index in [0.29, 0.717) is 6.04 Å². The van der Waals surface area contributed by atoms with Crippen LogP contribution in [0.2, 0.25) is 0 Å². The van der Waals surface area contributed by atoms with Crippen molar-refractivity contribution < 1.29 is 4.79 Å². The van der Waals surface area contributed by atoms with Gasteiger partial charge in [0.15, 0.2) is 0 Å². The SMILES string of the molecule is CCC1CN(CCN2CCNCC2)C(=O)N1. The molecule has 16 heavy (non-hydrogen) atoms. The zero-order valence-corrected chi connectivity index (χ0v) is 10.0. The van der Waals surface area contributed by atoms with Gasteiger partial charge in [0.05, 0.1) is 0 Å². The molecule has 2 N–H and O–H groups in total. The summed E-state index contributed by atoms with van der Waals surface area (Å²) in [5, 5.41) is 6.33. The second kappa shape index (κ2) is 5.50. The molecule has 1 atom stereocenters. The number of nitrogens with zero attached hydrogens (tertiary/aromatic N) is 2. The van der Waals surface area contributed by atoms with Crippen molar-refractivity contribution in [1.29, 1.82) is 0 Å². The molecule has 2 rings (SSSR count). The fourth-order valence-electron chi connectivity index (χ4n) is 2.28. The molecule has 2 aliphatic heterocycles. The highest BCUT2D eigenvalue weighted by molar-refractivity contribution is 5.76. The second-order valence-electron chi connectivity index (χ2n) is 4.59. The molecule has 2 saturated heterocycles. The summed E-state index contributed by atoms with van der Waals surface area (Å²) < 4.78 is 0. The van der Waals surface area contributed by atoms with Crippen LogP contribution in [0, 0.1) is 0 Å². The fourth-order valence-corrected chi connectivity index (χ4v) is 2.28. The topological polar surface area (TPSA) is 47.6 Å². The van der Waals surface area contributed by atoms with E-state index in [1.807, 2.05) is 4.90 Å². The second-order valence-corrected chi connectivity index (χ2v) is 4.59. The van der Waals surface area contributed by atoms with Crippen molar-refractivity contribution in [3.63, 3.8) is 0 Å². The average molecular weight is 226 g/mol. The Kier molecular flexibility index (Phi) is 4.01. The third-order valence-electron chi connectivity index (χ3n) is 3.44. The Morgan fingerprint density at radius 1 is 1.31 bits per heavy atom. The van der Waals surface area contributed by atoms with Gasteiger partial charge in [0.1, 0.15) is 0 Å². The molecule has 0 bridgehead atoms. The maximum Gasteiger partial charge on any atom is 0.317 e. The number of nitrogens with one attached hydrogen (secondary N) is 2. The van der Waals surface area contributed by atoms with Crippen LogP contribution in [0.1, 0.15) is 13.3 Å². The van der Waals surface area contributed by atoms with Crippen molar-refractivity contribution in [3.8, 4) is 0 Å². The van der Waals surface area contributed by atoms with E-state index < -0.39 is 0 Å². The summed E-state index contributed by atoms with van der Waals surface area (Å²) in [7, 11) is 0. The molecule has 0 aromatic carbocycles. The van der Waals surface area contributed by atoms with Crippen LogP contribution in [-0.4, -0.2) is 67.7 Å². The highest BCUT2D eigenvalue weighted by Gasteiger charge is 2.27. The van der Waals surface area contributed by atoms with Gasteiger partial charge in [-0.1, -0.05) is 6.92 Å². The van der Waals surface area contributed by atoms with Crippen LogP contribution in [0.25, 0.3) is 0 Å². The molecule has 0 spiro atoms. The van der Waals surface area contributed by atoms with Gasteiger partial charge in [-0.05, 0) is 6.42 Å². The predicted molar refractivity (Wildman–Crippen MR) is 63.5 cm³/mol. The van der Waals surface area contributed by atoms with E-state index in [1.165, 1.54) is 0 Å². The minimum absolute atomic E-state index is 0.113. The summed E-state index contributed by atoms with van der Waals surface area (Å²) in [6, 6.07) is 0.470. The first-order valence-electron chi connectivity index (χ1n) is 6.28. The van der Waals surface area contributed by atoms with Gasteiger partial charge in [-0.25, -0.2) is 4.79 Å². The molecule has 2 amide bonds. The quantitative estimate of drug-likeness (QED) is 0.691. The molecule has 1 unspecified atom stereocenters. The van der Waals surface area contributed by atoms with Crippen molar-refractivity contribution in [1.82, 2.24) is 20.4 Å². The summed E-state index contributed by atoms with van der Waals surface area (Å²) >= 11 is 0. The van der Waals surface area contributed by atoms with E-state index in [1.54, 1.807) is 0 Å². The summed E-state index contributed by atoms with van der Waals surface area (Å²) in [6.07, 6.45) is 1.02. The van der Waals surface area contributed by atoms with Crippen LogP contribution in [0.5, 0.6) is 0 Å². The normalized spacial score (nSPS) is 27.2. The Bertz CT molecular complexity index is 240. The van der Waals surface area contributed by atoms with Gasteiger partial charge in [-0.2, -0.15) is 0 Å². The Morgan fingerprint density at radius 3 is 2.69 bits per heavy atom. The lowest BCUT2D eigenvalue weighted by atomic mass is 10.2. The lowest BCUT2D eigenvalue weighted by Crippen LogP contribution is -2.46. The van der Waals surface area contributed by atoms with Crippen LogP contribution in [-0.2, 0) is 0 Å². The lowest BCUT2D eigenvalue weighted by molar-refractivity contribution is 0.192. The van der Waals surface area contributed by atoms with Crippen LogP contribution < -0.4 is 10.6 Å². The number of carbonyl (C=O) groups excluding carboxylic acids is 1. The summed E-state index contributed by atoms with van der Waals surface area (Å²) in [4.78, 5) is 16.0. The van der Waals surface area contributed by atoms with E-state index in [-0.39, 0.29) is 6.03 Å². The maximum atomic E-state index is 11.6. The van der Waals surface area contributed by atoms with Gasteiger partial charge in [-0.15, -0.1) is 0 Å². The van der Waals surface area contributed by atoms with Gasteiger partial charge in [-0.3, -0.25) is 4.90 Å². The first-order valence-corrected chi connectivity index (χ1v) is 6.28. The third kappa shape index (κ3) is 2.86. The number of urea groups is 1. The lowest BCUT2D eigenvalue weighted by Gasteiger charge is -2.28.